The third kappa shape index (κ3) is 17.5. The van der Waals surface area contributed by atoms with Crippen LogP contribution >= 0.6 is 0 Å². The minimum absolute atomic E-state index is 0. The van der Waals surface area contributed by atoms with Crippen molar-refractivity contribution in [2.75, 3.05) is 6.61 Å². The first-order valence-electron chi connectivity index (χ1n) is 10.3. The highest BCUT2D eigenvalue weighted by molar-refractivity contribution is 7.87. The first-order chi connectivity index (χ1) is 12.3. The van der Waals surface area contributed by atoms with Crippen molar-refractivity contribution < 1.29 is 25.8 Å². The van der Waals surface area contributed by atoms with Gasteiger partial charge in [0.25, 0.3) is 0 Å². The van der Waals surface area contributed by atoms with Gasteiger partial charge in [0, 0.05) is 0 Å². The number of alkyl halides is 3. The monoisotopic (exact) mass is 419 g/mol. The molecule has 0 amide bonds. The van der Waals surface area contributed by atoms with Gasteiger partial charge in [-0.15, -0.1) is 0 Å². The standard InChI is InChI=1S/C19H37F3O3S.H3N/c1-2-3-4-5-6-7-8-9-10-11-12-13-14-15-16-17-18-25-26(23,24)19(20,21)22;/h2-18H2,1H3;1H3. The van der Waals surface area contributed by atoms with Crippen molar-refractivity contribution in [3.63, 3.8) is 0 Å². The summed E-state index contributed by atoms with van der Waals surface area (Å²) in [5.74, 6) is 0. The number of unbranched alkanes of at least 4 members (excludes halogenated alkanes) is 15. The molecule has 0 saturated carbocycles. The first kappa shape index (κ1) is 28.9. The normalized spacial score (nSPS) is 12.1. The molecule has 27 heavy (non-hydrogen) atoms. The molecule has 0 atom stereocenters. The summed E-state index contributed by atoms with van der Waals surface area (Å²) in [4.78, 5) is 0. The lowest BCUT2D eigenvalue weighted by Crippen LogP contribution is -2.25. The van der Waals surface area contributed by atoms with Crippen molar-refractivity contribution in [1.82, 2.24) is 6.15 Å². The molecule has 0 unspecified atom stereocenters. The summed E-state index contributed by atoms with van der Waals surface area (Å²) in [6.07, 6.45) is 18.7. The van der Waals surface area contributed by atoms with Crippen LogP contribution < -0.4 is 6.15 Å². The molecule has 4 nitrogen and oxygen atoms in total. The molecule has 0 bridgehead atoms. The van der Waals surface area contributed by atoms with Crippen LogP contribution in [0.15, 0.2) is 0 Å². The van der Waals surface area contributed by atoms with Gasteiger partial charge in [0.05, 0.1) is 6.61 Å². The van der Waals surface area contributed by atoms with Crippen LogP contribution in [0, 0.1) is 0 Å². The van der Waals surface area contributed by atoms with Crippen molar-refractivity contribution in [2.24, 2.45) is 0 Å². The fourth-order valence-corrected chi connectivity index (χ4v) is 3.36. The summed E-state index contributed by atoms with van der Waals surface area (Å²) in [5, 5.41) is 0. The molecule has 0 aliphatic heterocycles. The Hall–Kier alpha value is -0.340. The Morgan fingerprint density at radius 2 is 0.926 bits per heavy atom. The number of hydrogen-bond donors (Lipinski definition) is 1. The van der Waals surface area contributed by atoms with Crippen LogP contribution in [0.1, 0.15) is 110 Å². The number of halogens is 3. The van der Waals surface area contributed by atoms with E-state index in [0.29, 0.717) is 12.8 Å². The lowest BCUT2D eigenvalue weighted by molar-refractivity contribution is -0.0542. The average molecular weight is 420 g/mol. The van der Waals surface area contributed by atoms with Crippen LogP contribution in [0.5, 0.6) is 0 Å². The molecule has 166 valence electrons. The van der Waals surface area contributed by atoms with Gasteiger partial charge in [-0.3, -0.25) is 4.18 Å². The smallest absolute Gasteiger partial charge is 0.344 e. The topological polar surface area (TPSA) is 78.4 Å². The van der Waals surface area contributed by atoms with E-state index in [4.69, 9.17) is 0 Å². The summed E-state index contributed by atoms with van der Waals surface area (Å²) < 4.78 is 61.4. The van der Waals surface area contributed by atoms with E-state index in [1.807, 2.05) is 0 Å². The van der Waals surface area contributed by atoms with Crippen LogP contribution in [-0.4, -0.2) is 20.5 Å². The quantitative estimate of drug-likeness (QED) is 0.144. The van der Waals surface area contributed by atoms with Gasteiger partial charge >= 0.3 is 15.6 Å². The maximum absolute atomic E-state index is 12.0. The van der Waals surface area contributed by atoms with Gasteiger partial charge in [0.15, 0.2) is 0 Å². The Labute approximate surface area is 164 Å². The van der Waals surface area contributed by atoms with E-state index in [-0.39, 0.29) is 12.8 Å². The Balaban J connectivity index is 0. The van der Waals surface area contributed by atoms with Crippen molar-refractivity contribution in [3.05, 3.63) is 0 Å². The Kier molecular flexibility index (Phi) is 19.0. The lowest BCUT2D eigenvalue weighted by Gasteiger charge is -2.08. The Morgan fingerprint density at radius 1 is 0.630 bits per heavy atom. The highest BCUT2D eigenvalue weighted by atomic mass is 32.2. The zero-order valence-corrected chi connectivity index (χ0v) is 17.8. The molecule has 8 heteroatoms. The second kappa shape index (κ2) is 17.7. The van der Waals surface area contributed by atoms with Crippen molar-refractivity contribution in [2.45, 2.75) is 115 Å². The molecule has 3 N–H and O–H groups in total. The molecular formula is C19H40F3NO3S. The van der Waals surface area contributed by atoms with E-state index in [1.54, 1.807) is 0 Å². The molecule has 0 heterocycles. The van der Waals surface area contributed by atoms with E-state index >= 15 is 0 Å². The van der Waals surface area contributed by atoms with Crippen molar-refractivity contribution >= 4 is 10.1 Å². The average Bonchev–Trinajstić information content (AvgIpc) is 2.56. The lowest BCUT2D eigenvalue weighted by atomic mass is 10.0. The number of rotatable bonds is 18. The SMILES string of the molecule is CCCCCCCCCCCCCCCCCCOS(=O)(=O)C(F)(F)F.N. The van der Waals surface area contributed by atoms with E-state index in [1.165, 1.54) is 70.6 Å². The summed E-state index contributed by atoms with van der Waals surface area (Å²) in [6.45, 7) is 1.85. The second-order valence-corrected chi connectivity index (χ2v) is 8.63. The molecule has 0 aliphatic rings. The maximum Gasteiger partial charge on any atom is 0.523 e. The third-order valence-corrected chi connectivity index (χ3v) is 5.56. The molecule has 0 fully saturated rings. The van der Waals surface area contributed by atoms with Gasteiger partial charge in [0.2, 0.25) is 0 Å². The summed E-state index contributed by atoms with van der Waals surface area (Å²) in [6, 6.07) is 0. The Bertz CT molecular complexity index is 415. The second-order valence-electron chi connectivity index (χ2n) is 7.03. The molecule has 0 aromatic rings. The van der Waals surface area contributed by atoms with Gasteiger partial charge in [-0.05, 0) is 6.42 Å². The van der Waals surface area contributed by atoms with Crippen LogP contribution in [0.2, 0.25) is 0 Å². The fraction of sp³-hybridized carbons (Fsp3) is 1.00. The van der Waals surface area contributed by atoms with Gasteiger partial charge < -0.3 is 6.15 Å². The van der Waals surface area contributed by atoms with Gasteiger partial charge in [-0.2, -0.15) is 21.6 Å². The Morgan fingerprint density at radius 3 is 1.22 bits per heavy atom. The molecule has 0 rings (SSSR count). The minimum Gasteiger partial charge on any atom is -0.344 e. The summed E-state index contributed by atoms with van der Waals surface area (Å²) in [5.41, 5.74) is -5.32. The van der Waals surface area contributed by atoms with Crippen LogP contribution in [0.25, 0.3) is 0 Å². The van der Waals surface area contributed by atoms with Crippen LogP contribution in [0.3, 0.4) is 0 Å². The van der Waals surface area contributed by atoms with E-state index in [0.717, 1.165) is 19.3 Å². The third-order valence-electron chi connectivity index (χ3n) is 4.52. The largest absolute Gasteiger partial charge is 0.523 e. The molecule has 0 radical (unpaired) electrons. The van der Waals surface area contributed by atoms with Gasteiger partial charge in [-0.1, -0.05) is 103 Å². The molecule has 0 aliphatic carbocycles. The zero-order chi connectivity index (χ0) is 19.7. The fourth-order valence-electron chi connectivity index (χ4n) is 2.89. The minimum atomic E-state index is -5.42. The molecule has 0 aromatic heterocycles. The predicted molar refractivity (Wildman–Crippen MR) is 105 cm³/mol. The van der Waals surface area contributed by atoms with Crippen molar-refractivity contribution in [3.8, 4) is 0 Å². The maximum atomic E-state index is 12.0. The van der Waals surface area contributed by atoms with E-state index in [2.05, 4.69) is 11.1 Å². The molecule has 0 saturated heterocycles. The predicted octanol–water partition coefficient (Wildman–Crippen LogP) is 7.28. The molecule has 0 aromatic carbocycles. The molecular weight excluding hydrogens is 379 g/mol. The van der Waals surface area contributed by atoms with Gasteiger partial charge in [-0.25, -0.2) is 0 Å². The van der Waals surface area contributed by atoms with Crippen molar-refractivity contribution in [1.29, 1.82) is 0 Å². The van der Waals surface area contributed by atoms with Crippen LogP contribution in [0.4, 0.5) is 13.2 Å². The summed E-state index contributed by atoms with van der Waals surface area (Å²) in [7, 11) is -5.42. The summed E-state index contributed by atoms with van der Waals surface area (Å²) >= 11 is 0. The van der Waals surface area contributed by atoms with E-state index in [9.17, 15) is 21.6 Å². The van der Waals surface area contributed by atoms with Crippen LogP contribution in [-0.2, 0) is 14.3 Å². The highest BCUT2D eigenvalue weighted by Gasteiger charge is 2.47. The highest BCUT2D eigenvalue weighted by Crippen LogP contribution is 2.24. The molecule has 0 spiro atoms. The van der Waals surface area contributed by atoms with E-state index < -0.39 is 15.6 Å². The zero-order valence-electron chi connectivity index (χ0n) is 17.0. The number of hydrogen-bond acceptors (Lipinski definition) is 4. The first-order valence-corrected chi connectivity index (χ1v) is 11.7. The van der Waals surface area contributed by atoms with Gasteiger partial charge in [0.1, 0.15) is 0 Å².